The number of anilines is 1. The molecule has 1 atom stereocenters. The van der Waals surface area contributed by atoms with Gasteiger partial charge in [-0.1, -0.05) is 6.92 Å². The minimum atomic E-state index is -4.64. The molecule has 106 valence electrons. The Morgan fingerprint density at radius 3 is 2.63 bits per heavy atom. The lowest BCUT2D eigenvalue weighted by Crippen LogP contribution is -2.41. The summed E-state index contributed by atoms with van der Waals surface area (Å²) in [4.78, 5) is 1.84. The molecule has 0 spiro atoms. The Hall–Kier alpha value is -0.780. The molecule has 3 nitrogen and oxygen atoms in total. The fourth-order valence-corrected chi connectivity index (χ4v) is 3.05. The molecular weight excluding hydrogens is 345 g/mol. The lowest BCUT2D eigenvalue weighted by Gasteiger charge is -2.26. The summed E-state index contributed by atoms with van der Waals surface area (Å²) in [5.41, 5.74) is 0. The van der Waals surface area contributed by atoms with Crippen molar-refractivity contribution < 1.29 is 18.3 Å². The minimum absolute atomic E-state index is 0.380. The van der Waals surface area contributed by atoms with Gasteiger partial charge in [-0.05, 0) is 28.4 Å². The van der Waals surface area contributed by atoms with E-state index in [2.05, 4.69) is 15.9 Å². The van der Waals surface area contributed by atoms with Gasteiger partial charge >= 0.3 is 6.18 Å². The first-order valence-electron chi connectivity index (χ1n) is 5.48. The Morgan fingerprint density at radius 1 is 1.58 bits per heavy atom. The zero-order chi connectivity index (χ0) is 14.6. The molecule has 1 aromatic rings. The van der Waals surface area contributed by atoms with Crippen molar-refractivity contribution in [1.82, 2.24) is 0 Å². The van der Waals surface area contributed by atoms with Crippen LogP contribution < -0.4 is 4.90 Å². The van der Waals surface area contributed by atoms with Gasteiger partial charge in [-0.3, -0.25) is 0 Å². The maximum atomic E-state index is 12.4. The van der Waals surface area contributed by atoms with E-state index in [9.17, 15) is 13.2 Å². The fourth-order valence-electron chi connectivity index (χ4n) is 1.46. The van der Waals surface area contributed by atoms with Crippen LogP contribution in [0.5, 0.6) is 0 Å². The Morgan fingerprint density at radius 2 is 2.21 bits per heavy atom. The summed E-state index contributed by atoms with van der Waals surface area (Å²) in [5, 5.41) is 18.5. The van der Waals surface area contributed by atoms with Gasteiger partial charge < -0.3 is 10.0 Å². The zero-order valence-corrected chi connectivity index (χ0v) is 12.4. The van der Waals surface area contributed by atoms with Gasteiger partial charge in [0.2, 0.25) is 0 Å². The third-order valence-electron chi connectivity index (χ3n) is 2.35. The molecule has 0 aliphatic carbocycles. The SMILES string of the molecule is CCCN(CC(O)C(F)(F)F)c1cc(Br)c(C#N)s1. The summed E-state index contributed by atoms with van der Waals surface area (Å²) in [6.45, 7) is 1.68. The number of hydrogen-bond acceptors (Lipinski definition) is 4. The van der Waals surface area contributed by atoms with Gasteiger partial charge in [0.1, 0.15) is 10.9 Å². The number of rotatable bonds is 5. The van der Waals surface area contributed by atoms with E-state index in [4.69, 9.17) is 10.4 Å². The Bertz CT molecular complexity index is 469. The molecule has 0 fully saturated rings. The predicted molar refractivity (Wildman–Crippen MR) is 71.3 cm³/mol. The quantitative estimate of drug-likeness (QED) is 0.877. The highest BCUT2D eigenvalue weighted by atomic mass is 79.9. The predicted octanol–water partition coefficient (Wildman–Crippen LogP) is 3.52. The maximum Gasteiger partial charge on any atom is 0.416 e. The molecule has 8 heteroatoms. The van der Waals surface area contributed by atoms with Crippen molar-refractivity contribution in [3.63, 3.8) is 0 Å². The van der Waals surface area contributed by atoms with Crippen molar-refractivity contribution in [1.29, 1.82) is 5.26 Å². The van der Waals surface area contributed by atoms with E-state index in [1.807, 2.05) is 13.0 Å². The van der Waals surface area contributed by atoms with Crippen molar-refractivity contribution in [3.05, 3.63) is 15.4 Å². The maximum absolute atomic E-state index is 12.4. The summed E-state index contributed by atoms with van der Waals surface area (Å²) in [6.07, 6.45) is -6.40. The number of alkyl halides is 3. The Balaban J connectivity index is 2.91. The molecule has 1 rings (SSSR count). The van der Waals surface area contributed by atoms with Gasteiger partial charge in [0.15, 0.2) is 6.10 Å². The van der Waals surface area contributed by atoms with Crippen LogP contribution in [-0.2, 0) is 0 Å². The van der Waals surface area contributed by atoms with Gasteiger partial charge in [-0.2, -0.15) is 18.4 Å². The molecule has 0 saturated heterocycles. The summed E-state index contributed by atoms with van der Waals surface area (Å²) in [7, 11) is 0. The van der Waals surface area contributed by atoms with E-state index >= 15 is 0 Å². The topological polar surface area (TPSA) is 47.3 Å². The summed E-state index contributed by atoms with van der Waals surface area (Å²) >= 11 is 4.28. The van der Waals surface area contributed by atoms with Gasteiger partial charge in [-0.25, -0.2) is 0 Å². The van der Waals surface area contributed by atoms with Gasteiger partial charge in [0, 0.05) is 11.0 Å². The number of halogens is 4. The highest BCUT2D eigenvalue weighted by molar-refractivity contribution is 9.10. The number of hydrogen-bond donors (Lipinski definition) is 1. The molecule has 1 aromatic heterocycles. The Kier molecular flexibility index (Phi) is 5.64. The largest absolute Gasteiger partial charge is 0.416 e. The van der Waals surface area contributed by atoms with E-state index in [-0.39, 0.29) is 0 Å². The molecule has 1 heterocycles. The van der Waals surface area contributed by atoms with Crippen molar-refractivity contribution >= 4 is 32.3 Å². The number of nitrogens with zero attached hydrogens (tertiary/aromatic N) is 2. The molecular formula is C11H12BrF3N2OS. The molecule has 1 N–H and O–H groups in total. The van der Waals surface area contributed by atoms with Crippen LogP contribution in [-0.4, -0.2) is 30.5 Å². The standard InChI is InChI=1S/C11H12BrF3N2OS/c1-2-3-17(6-9(18)11(13,14)15)10-4-7(12)8(5-16)19-10/h4,9,18H,2-3,6H2,1H3. The van der Waals surface area contributed by atoms with Crippen LogP contribution in [0.3, 0.4) is 0 Å². The molecule has 19 heavy (non-hydrogen) atoms. The van der Waals surface area contributed by atoms with E-state index in [0.29, 0.717) is 27.3 Å². The normalized spacial score (nSPS) is 13.1. The second-order valence-electron chi connectivity index (χ2n) is 3.88. The summed E-state index contributed by atoms with van der Waals surface area (Å²) in [5.74, 6) is 0. The first-order valence-corrected chi connectivity index (χ1v) is 7.09. The van der Waals surface area contributed by atoms with Crippen LogP contribution in [0.4, 0.5) is 18.2 Å². The first-order chi connectivity index (χ1) is 8.79. The second-order valence-corrected chi connectivity index (χ2v) is 5.76. The van der Waals surface area contributed by atoms with Crippen LogP contribution >= 0.6 is 27.3 Å². The molecule has 1 unspecified atom stereocenters. The highest BCUT2D eigenvalue weighted by Crippen LogP contribution is 2.34. The van der Waals surface area contributed by atoms with Crippen LogP contribution in [0.1, 0.15) is 18.2 Å². The molecule has 0 aliphatic heterocycles. The molecule has 0 amide bonds. The lowest BCUT2D eigenvalue weighted by atomic mass is 10.3. The average molecular weight is 357 g/mol. The molecule has 0 saturated carbocycles. The summed E-state index contributed by atoms with van der Waals surface area (Å²) < 4.78 is 37.7. The minimum Gasteiger partial charge on any atom is -0.382 e. The van der Waals surface area contributed by atoms with Crippen LogP contribution in [0, 0.1) is 11.3 Å². The van der Waals surface area contributed by atoms with Crippen molar-refractivity contribution in [3.8, 4) is 6.07 Å². The van der Waals surface area contributed by atoms with Gasteiger partial charge in [0.25, 0.3) is 0 Å². The molecule has 0 radical (unpaired) electrons. The number of thiophene rings is 1. The fraction of sp³-hybridized carbons (Fsp3) is 0.545. The number of aliphatic hydroxyl groups is 1. The molecule has 0 aromatic carbocycles. The Labute approximate surface area is 121 Å². The van der Waals surface area contributed by atoms with Crippen molar-refractivity contribution in [2.24, 2.45) is 0 Å². The number of nitriles is 1. The summed E-state index contributed by atoms with van der Waals surface area (Å²) in [6, 6.07) is 3.56. The van der Waals surface area contributed by atoms with Crippen LogP contribution in [0.25, 0.3) is 0 Å². The molecule has 0 bridgehead atoms. The first kappa shape index (κ1) is 16.3. The highest BCUT2D eigenvalue weighted by Gasteiger charge is 2.39. The van der Waals surface area contributed by atoms with Gasteiger partial charge in [-0.15, -0.1) is 11.3 Å². The average Bonchev–Trinajstić information content (AvgIpc) is 2.68. The van der Waals surface area contributed by atoms with Crippen molar-refractivity contribution in [2.45, 2.75) is 25.6 Å². The van der Waals surface area contributed by atoms with E-state index in [1.165, 1.54) is 4.90 Å². The third-order valence-corrected chi connectivity index (χ3v) is 4.34. The monoisotopic (exact) mass is 356 g/mol. The van der Waals surface area contributed by atoms with Crippen LogP contribution in [0.2, 0.25) is 0 Å². The van der Waals surface area contributed by atoms with Gasteiger partial charge in [0.05, 0.1) is 11.5 Å². The number of aliphatic hydroxyl groups excluding tert-OH is 1. The lowest BCUT2D eigenvalue weighted by molar-refractivity contribution is -0.200. The van der Waals surface area contributed by atoms with E-state index in [0.717, 1.165) is 11.3 Å². The molecule has 0 aliphatic rings. The van der Waals surface area contributed by atoms with Crippen molar-refractivity contribution in [2.75, 3.05) is 18.0 Å². The third kappa shape index (κ3) is 4.37. The van der Waals surface area contributed by atoms with E-state index in [1.54, 1.807) is 6.07 Å². The smallest absolute Gasteiger partial charge is 0.382 e. The zero-order valence-electron chi connectivity index (χ0n) is 10.0. The van der Waals surface area contributed by atoms with E-state index < -0.39 is 18.8 Å². The second kappa shape index (κ2) is 6.59. The van der Waals surface area contributed by atoms with Crippen LogP contribution in [0.15, 0.2) is 10.5 Å².